The van der Waals surface area contributed by atoms with Crippen LogP contribution in [0.5, 0.6) is 11.5 Å². The highest BCUT2D eigenvalue weighted by Crippen LogP contribution is 2.39. The molecule has 3 aromatic rings. The van der Waals surface area contributed by atoms with Gasteiger partial charge in [0.15, 0.2) is 17.5 Å². The Morgan fingerprint density at radius 3 is 2.50 bits per heavy atom. The number of ether oxygens (including phenoxy) is 2. The predicted octanol–water partition coefficient (Wildman–Crippen LogP) is 5.38. The Kier molecular flexibility index (Phi) is 6.14. The average molecular weight is 469 g/mol. The minimum atomic E-state index is -0.771. The molecule has 8 heteroatoms. The first kappa shape index (κ1) is 21.0. The summed E-state index contributed by atoms with van der Waals surface area (Å²) in [6.45, 7) is 0.147. The number of nitrogens with zero attached hydrogens (tertiary/aromatic N) is 1. The van der Waals surface area contributed by atoms with Crippen molar-refractivity contribution in [2.45, 2.75) is 44.2 Å². The Morgan fingerprint density at radius 1 is 0.969 bits per heavy atom. The number of fused-ring (bicyclic) bond motifs is 1. The zero-order valence-electron chi connectivity index (χ0n) is 17.5. The molecule has 32 heavy (non-hydrogen) atoms. The highest BCUT2D eigenvalue weighted by molar-refractivity contribution is 7.12. The Balaban J connectivity index is 1.55. The van der Waals surface area contributed by atoms with E-state index in [0.717, 1.165) is 30.6 Å². The fraction of sp³-hybridized carbons (Fsp3) is 0.333. The van der Waals surface area contributed by atoms with Gasteiger partial charge >= 0.3 is 0 Å². The van der Waals surface area contributed by atoms with Gasteiger partial charge in [-0.15, -0.1) is 22.7 Å². The molecule has 1 unspecified atom stereocenters. The molecule has 1 aromatic carbocycles. The number of carbonyl (C=O) groups is 2. The zero-order chi connectivity index (χ0) is 21.9. The molecule has 1 fully saturated rings. The van der Waals surface area contributed by atoms with E-state index in [2.05, 4.69) is 5.32 Å². The molecule has 3 heterocycles. The number of rotatable bonds is 6. The first-order chi connectivity index (χ1) is 15.7. The highest BCUT2D eigenvalue weighted by atomic mass is 32.1. The number of amides is 2. The summed E-state index contributed by atoms with van der Waals surface area (Å²) < 4.78 is 11.0. The minimum absolute atomic E-state index is 0.147. The van der Waals surface area contributed by atoms with Crippen molar-refractivity contribution in [3.05, 3.63) is 63.0 Å². The van der Waals surface area contributed by atoms with Crippen molar-refractivity contribution in [2.75, 3.05) is 11.7 Å². The van der Waals surface area contributed by atoms with E-state index < -0.39 is 6.04 Å². The Morgan fingerprint density at radius 2 is 1.75 bits per heavy atom. The molecule has 1 N–H and O–H groups in total. The van der Waals surface area contributed by atoms with Crippen LogP contribution in [0.2, 0.25) is 0 Å². The van der Waals surface area contributed by atoms with Crippen LogP contribution in [-0.4, -0.2) is 24.6 Å². The largest absolute Gasteiger partial charge is 0.454 e. The molecule has 0 spiro atoms. The summed E-state index contributed by atoms with van der Waals surface area (Å²) in [6, 6.07) is 12.2. The molecule has 0 radical (unpaired) electrons. The summed E-state index contributed by atoms with van der Waals surface area (Å²) in [7, 11) is 0. The second-order valence-corrected chi connectivity index (χ2v) is 9.88. The van der Waals surface area contributed by atoms with Crippen molar-refractivity contribution in [1.82, 2.24) is 5.32 Å². The van der Waals surface area contributed by atoms with E-state index in [1.165, 1.54) is 29.1 Å². The van der Waals surface area contributed by atoms with Gasteiger partial charge in [-0.25, -0.2) is 0 Å². The summed E-state index contributed by atoms with van der Waals surface area (Å²) in [5.41, 5.74) is 0.602. The van der Waals surface area contributed by atoms with Crippen LogP contribution in [0.4, 0.5) is 5.69 Å². The van der Waals surface area contributed by atoms with Gasteiger partial charge in [0.2, 0.25) is 12.7 Å². The van der Waals surface area contributed by atoms with Crippen molar-refractivity contribution in [3.8, 4) is 11.5 Å². The normalized spacial score (nSPS) is 16.5. The van der Waals surface area contributed by atoms with Crippen molar-refractivity contribution < 1.29 is 19.1 Å². The van der Waals surface area contributed by atoms with E-state index >= 15 is 0 Å². The van der Waals surface area contributed by atoms with E-state index in [1.807, 2.05) is 35.0 Å². The van der Waals surface area contributed by atoms with Crippen molar-refractivity contribution >= 4 is 40.2 Å². The van der Waals surface area contributed by atoms with E-state index in [-0.39, 0.29) is 24.6 Å². The van der Waals surface area contributed by atoms with Crippen LogP contribution in [0.3, 0.4) is 0 Å². The topological polar surface area (TPSA) is 67.9 Å². The molecule has 2 aliphatic rings. The third-order valence-corrected chi connectivity index (χ3v) is 7.64. The molecule has 166 valence electrons. The van der Waals surface area contributed by atoms with E-state index in [9.17, 15) is 9.59 Å². The van der Waals surface area contributed by atoms with Crippen LogP contribution in [-0.2, 0) is 4.79 Å². The fourth-order valence-corrected chi connectivity index (χ4v) is 5.76. The lowest BCUT2D eigenvalue weighted by atomic mass is 9.95. The number of benzene rings is 1. The molecular formula is C24H24N2O4S2. The average Bonchev–Trinajstić information content (AvgIpc) is 3.59. The molecule has 1 atom stereocenters. The molecule has 1 saturated carbocycles. The lowest BCUT2D eigenvalue weighted by molar-refractivity contribution is -0.123. The SMILES string of the molecule is O=C(NC1CCCCC1)C(c1cccs1)N(C(=O)c1cccs1)c1ccc2c(c1)OCO2. The van der Waals surface area contributed by atoms with Gasteiger partial charge in [-0.1, -0.05) is 31.4 Å². The summed E-state index contributed by atoms with van der Waals surface area (Å²) in [4.78, 5) is 30.4. The Hall–Kier alpha value is -2.84. The van der Waals surface area contributed by atoms with Crippen molar-refractivity contribution in [2.24, 2.45) is 0 Å². The summed E-state index contributed by atoms with van der Waals surface area (Å²) >= 11 is 2.84. The summed E-state index contributed by atoms with van der Waals surface area (Å²) in [5.74, 6) is 0.846. The lowest BCUT2D eigenvalue weighted by Gasteiger charge is -2.32. The second kappa shape index (κ2) is 9.34. The van der Waals surface area contributed by atoms with E-state index in [1.54, 1.807) is 23.1 Å². The van der Waals surface area contributed by atoms with Crippen molar-refractivity contribution in [3.63, 3.8) is 0 Å². The van der Waals surface area contributed by atoms with Gasteiger partial charge in [0, 0.05) is 22.7 Å². The number of thiophene rings is 2. The molecule has 2 amide bonds. The van der Waals surface area contributed by atoms with Gasteiger partial charge in [0.25, 0.3) is 5.91 Å². The van der Waals surface area contributed by atoms with Crippen LogP contribution in [0.25, 0.3) is 0 Å². The first-order valence-electron chi connectivity index (χ1n) is 10.8. The third kappa shape index (κ3) is 4.25. The maximum absolute atomic E-state index is 13.7. The van der Waals surface area contributed by atoms with Crippen LogP contribution in [0, 0.1) is 0 Å². The van der Waals surface area contributed by atoms with Crippen molar-refractivity contribution in [1.29, 1.82) is 0 Å². The fourth-order valence-electron chi connectivity index (χ4n) is 4.29. The molecule has 6 nitrogen and oxygen atoms in total. The zero-order valence-corrected chi connectivity index (χ0v) is 19.1. The number of hydrogen-bond donors (Lipinski definition) is 1. The standard InChI is InChI=1S/C24H24N2O4S2/c27-23(25-16-6-2-1-3-7-16)22(20-8-4-12-31-20)26(24(28)21-9-5-13-32-21)17-10-11-18-19(14-17)30-15-29-18/h4-5,8-14,16,22H,1-3,6-7,15H2,(H,25,27). The lowest BCUT2D eigenvalue weighted by Crippen LogP contribution is -2.47. The van der Waals surface area contributed by atoms with Crippen LogP contribution in [0.15, 0.2) is 53.2 Å². The molecule has 1 aliphatic heterocycles. The monoisotopic (exact) mass is 468 g/mol. The van der Waals surface area contributed by atoms with Crippen LogP contribution >= 0.6 is 22.7 Å². The van der Waals surface area contributed by atoms with Gasteiger partial charge in [-0.3, -0.25) is 14.5 Å². The van der Waals surface area contributed by atoms with Gasteiger partial charge in [0.1, 0.15) is 0 Å². The number of hydrogen-bond acceptors (Lipinski definition) is 6. The summed E-state index contributed by atoms with van der Waals surface area (Å²) in [6.07, 6.45) is 5.40. The van der Waals surface area contributed by atoms with Crippen LogP contribution < -0.4 is 19.7 Å². The number of nitrogens with one attached hydrogen (secondary N) is 1. The first-order valence-corrected chi connectivity index (χ1v) is 12.6. The predicted molar refractivity (Wildman–Crippen MR) is 126 cm³/mol. The number of carbonyl (C=O) groups excluding carboxylic acids is 2. The summed E-state index contributed by atoms with van der Waals surface area (Å²) in [5, 5.41) is 7.03. The van der Waals surface area contributed by atoms with E-state index in [0.29, 0.717) is 22.1 Å². The Bertz CT molecular complexity index is 1080. The highest BCUT2D eigenvalue weighted by Gasteiger charge is 2.36. The maximum Gasteiger partial charge on any atom is 0.269 e. The smallest absolute Gasteiger partial charge is 0.269 e. The van der Waals surface area contributed by atoms with Gasteiger partial charge < -0.3 is 14.8 Å². The van der Waals surface area contributed by atoms with Gasteiger partial charge in [-0.2, -0.15) is 0 Å². The molecule has 2 aromatic heterocycles. The Labute approximate surface area is 194 Å². The number of anilines is 1. The second-order valence-electron chi connectivity index (χ2n) is 7.95. The van der Waals surface area contributed by atoms with Crippen LogP contribution in [0.1, 0.15) is 52.7 Å². The molecule has 0 bridgehead atoms. The molecule has 0 saturated heterocycles. The maximum atomic E-state index is 13.7. The minimum Gasteiger partial charge on any atom is -0.454 e. The van der Waals surface area contributed by atoms with E-state index in [4.69, 9.17) is 9.47 Å². The van der Waals surface area contributed by atoms with Gasteiger partial charge in [-0.05, 0) is 47.9 Å². The quantitative estimate of drug-likeness (QED) is 0.528. The molecule has 1 aliphatic carbocycles. The van der Waals surface area contributed by atoms with Gasteiger partial charge in [0.05, 0.1) is 4.88 Å². The molecular weight excluding hydrogens is 444 g/mol. The third-order valence-electron chi connectivity index (χ3n) is 5.86. The molecule has 5 rings (SSSR count).